The SMILES string of the molecule is C[Si](C)(C)CCOCn1ccc2c(N3CCC4(CCCN4)C3)ncnc21. The summed E-state index contributed by atoms with van der Waals surface area (Å²) in [6.45, 7) is 11.8. The minimum absolute atomic E-state index is 0.305. The largest absolute Gasteiger partial charge is 0.361 e. The van der Waals surface area contributed by atoms with Gasteiger partial charge in [0.25, 0.3) is 0 Å². The van der Waals surface area contributed by atoms with Crippen LogP contribution in [0.15, 0.2) is 18.6 Å². The average molecular weight is 374 g/mol. The highest BCUT2D eigenvalue weighted by Crippen LogP contribution is 2.34. The molecule has 0 aliphatic carbocycles. The Kier molecular flexibility index (Phi) is 4.79. The second kappa shape index (κ2) is 6.94. The molecule has 4 rings (SSSR count). The van der Waals surface area contributed by atoms with Gasteiger partial charge in [0.15, 0.2) is 0 Å². The maximum Gasteiger partial charge on any atom is 0.147 e. The number of fused-ring (bicyclic) bond motifs is 1. The molecular weight excluding hydrogens is 342 g/mol. The van der Waals surface area contributed by atoms with Crippen molar-refractivity contribution in [3.05, 3.63) is 18.6 Å². The van der Waals surface area contributed by atoms with Gasteiger partial charge in [-0.25, -0.2) is 9.97 Å². The first-order valence-corrected chi connectivity index (χ1v) is 13.5. The number of rotatable bonds is 6. The molecule has 0 radical (unpaired) electrons. The molecule has 0 aromatic carbocycles. The van der Waals surface area contributed by atoms with E-state index in [4.69, 9.17) is 4.74 Å². The molecule has 2 aromatic heterocycles. The molecule has 2 aromatic rings. The lowest BCUT2D eigenvalue weighted by Gasteiger charge is -2.25. The van der Waals surface area contributed by atoms with Crippen LogP contribution in [0.2, 0.25) is 25.7 Å². The topological polar surface area (TPSA) is 55.2 Å². The van der Waals surface area contributed by atoms with E-state index in [2.05, 4.69) is 56.7 Å². The van der Waals surface area contributed by atoms with Gasteiger partial charge in [0, 0.05) is 39.5 Å². The van der Waals surface area contributed by atoms with E-state index >= 15 is 0 Å². The minimum atomic E-state index is -1.05. The fourth-order valence-corrected chi connectivity index (χ4v) is 4.91. The van der Waals surface area contributed by atoms with E-state index < -0.39 is 8.07 Å². The van der Waals surface area contributed by atoms with Crippen LogP contribution < -0.4 is 10.2 Å². The molecule has 1 unspecified atom stereocenters. The molecule has 7 heteroatoms. The number of nitrogens with one attached hydrogen (secondary N) is 1. The predicted octanol–water partition coefficient (Wildman–Crippen LogP) is 3.08. The van der Waals surface area contributed by atoms with Crippen molar-refractivity contribution in [3.8, 4) is 0 Å². The molecule has 142 valence electrons. The summed E-state index contributed by atoms with van der Waals surface area (Å²) >= 11 is 0. The summed E-state index contributed by atoms with van der Waals surface area (Å²) < 4.78 is 8.02. The zero-order valence-corrected chi connectivity index (χ0v) is 17.3. The van der Waals surface area contributed by atoms with E-state index in [1.807, 2.05) is 0 Å². The number of nitrogens with zero attached hydrogens (tertiary/aromatic N) is 4. The number of aromatic nitrogens is 3. The van der Waals surface area contributed by atoms with Crippen LogP contribution in [0, 0.1) is 0 Å². The molecule has 0 saturated carbocycles. The van der Waals surface area contributed by atoms with Crippen LogP contribution in [0.5, 0.6) is 0 Å². The van der Waals surface area contributed by atoms with Gasteiger partial charge in [-0.15, -0.1) is 0 Å². The molecule has 1 atom stereocenters. The Morgan fingerprint density at radius 2 is 2.15 bits per heavy atom. The average Bonchev–Trinajstić information content (AvgIpc) is 3.32. The quantitative estimate of drug-likeness (QED) is 0.623. The predicted molar refractivity (Wildman–Crippen MR) is 108 cm³/mol. The molecule has 2 fully saturated rings. The van der Waals surface area contributed by atoms with E-state index in [9.17, 15) is 0 Å². The number of hydrogen-bond acceptors (Lipinski definition) is 5. The highest BCUT2D eigenvalue weighted by atomic mass is 28.3. The highest BCUT2D eigenvalue weighted by Gasteiger charge is 2.40. The van der Waals surface area contributed by atoms with Gasteiger partial charge < -0.3 is 19.5 Å². The van der Waals surface area contributed by atoms with Crippen molar-refractivity contribution in [1.82, 2.24) is 19.9 Å². The number of hydrogen-bond donors (Lipinski definition) is 1. The lowest BCUT2D eigenvalue weighted by atomic mass is 9.97. The Morgan fingerprint density at radius 3 is 2.92 bits per heavy atom. The molecule has 2 aliphatic heterocycles. The fraction of sp³-hybridized carbons (Fsp3) is 0.684. The molecule has 1 spiro atoms. The molecule has 0 bridgehead atoms. The maximum atomic E-state index is 5.92. The number of anilines is 1. The Bertz CT molecular complexity index is 763. The monoisotopic (exact) mass is 373 g/mol. The van der Waals surface area contributed by atoms with Crippen LogP contribution in [-0.2, 0) is 11.5 Å². The first-order chi connectivity index (χ1) is 12.5. The second-order valence-electron chi connectivity index (χ2n) is 9.05. The maximum absolute atomic E-state index is 5.92. The summed E-state index contributed by atoms with van der Waals surface area (Å²) in [6.07, 6.45) is 7.56. The van der Waals surface area contributed by atoms with Gasteiger partial charge in [-0.2, -0.15) is 0 Å². The van der Waals surface area contributed by atoms with E-state index in [0.717, 1.165) is 43.1 Å². The Hall–Kier alpha value is -1.44. The number of ether oxygens (including phenoxy) is 1. The first-order valence-electron chi connectivity index (χ1n) is 9.83. The van der Waals surface area contributed by atoms with E-state index in [1.165, 1.54) is 25.3 Å². The lowest BCUT2D eigenvalue weighted by Crippen LogP contribution is -2.42. The van der Waals surface area contributed by atoms with Crippen molar-refractivity contribution in [2.75, 3.05) is 31.1 Å². The Balaban J connectivity index is 1.47. The van der Waals surface area contributed by atoms with Crippen LogP contribution in [0.3, 0.4) is 0 Å². The third-order valence-electron chi connectivity index (χ3n) is 5.75. The standard InChI is InChI=1S/C19H31N5OSi/c1-26(2,3)12-11-25-15-24-9-5-16-17(20-14-21-18(16)24)23-10-7-19(13-23)6-4-8-22-19/h5,9,14,22H,4,6-8,10-13,15H2,1-3H3. The van der Waals surface area contributed by atoms with Crippen LogP contribution in [-0.4, -0.2) is 54.4 Å². The Morgan fingerprint density at radius 1 is 1.27 bits per heavy atom. The summed E-state index contributed by atoms with van der Waals surface area (Å²) in [5.41, 5.74) is 1.28. The summed E-state index contributed by atoms with van der Waals surface area (Å²) in [4.78, 5) is 11.6. The van der Waals surface area contributed by atoms with Crippen molar-refractivity contribution in [2.24, 2.45) is 0 Å². The summed E-state index contributed by atoms with van der Waals surface area (Å²) in [6, 6.07) is 3.33. The molecule has 2 aliphatic rings. The van der Waals surface area contributed by atoms with E-state index in [-0.39, 0.29) is 0 Å². The molecular formula is C19H31N5OSi. The molecule has 26 heavy (non-hydrogen) atoms. The van der Waals surface area contributed by atoms with Crippen molar-refractivity contribution < 1.29 is 4.74 Å². The lowest BCUT2D eigenvalue weighted by molar-refractivity contribution is 0.0899. The van der Waals surface area contributed by atoms with Crippen molar-refractivity contribution in [1.29, 1.82) is 0 Å². The van der Waals surface area contributed by atoms with Gasteiger partial charge in [-0.1, -0.05) is 19.6 Å². The van der Waals surface area contributed by atoms with Crippen molar-refractivity contribution in [3.63, 3.8) is 0 Å². The molecule has 6 nitrogen and oxygen atoms in total. The molecule has 0 amide bonds. The Labute approximate surface area is 157 Å². The normalized spacial score (nSPS) is 23.6. The summed E-state index contributed by atoms with van der Waals surface area (Å²) in [5.74, 6) is 1.07. The highest BCUT2D eigenvalue weighted by molar-refractivity contribution is 6.76. The van der Waals surface area contributed by atoms with Gasteiger partial charge in [0.05, 0.1) is 5.39 Å². The summed E-state index contributed by atoms with van der Waals surface area (Å²) in [7, 11) is -1.05. The molecule has 2 saturated heterocycles. The minimum Gasteiger partial charge on any atom is -0.361 e. The third-order valence-corrected chi connectivity index (χ3v) is 7.45. The van der Waals surface area contributed by atoms with Gasteiger partial charge in [0.2, 0.25) is 0 Å². The third kappa shape index (κ3) is 3.65. The van der Waals surface area contributed by atoms with Crippen LogP contribution in [0.25, 0.3) is 11.0 Å². The first kappa shape index (κ1) is 17.9. The van der Waals surface area contributed by atoms with Crippen molar-refractivity contribution >= 4 is 24.9 Å². The fourth-order valence-electron chi connectivity index (χ4n) is 4.16. The molecule has 4 heterocycles. The van der Waals surface area contributed by atoms with Crippen molar-refractivity contribution in [2.45, 2.75) is 57.2 Å². The van der Waals surface area contributed by atoms with Gasteiger partial charge >= 0.3 is 0 Å². The molecule has 1 N–H and O–H groups in total. The van der Waals surface area contributed by atoms with Gasteiger partial charge in [0.1, 0.15) is 24.5 Å². The second-order valence-corrected chi connectivity index (χ2v) is 14.7. The van der Waals surface area contributed by atoms with Crippen LogP contribution >= 0.6 is 0 Å². The van der Waals surface area contributed by atoms with E-state index in [0.29, 0.717) is 12.3 Å². The van der Waals surface area contributed by atoms with Crippen LogP contribution in [0.1, 0.15) is 19.3 Å². The smallest absolute Gasteiger partial charge is 0.147 e. The van der Waals surface area contributed by atoms with Crippen LogP contribution in [0.4, 0.5) is 5.82 Å². The zero-order valence-electron chi connectivity index (χ0n) is 16.3. The van der Waals surface area contributed by atoms with Gasteiger partial charge in [-0.05, 0) is 37.9 Å². The van der Waals surface area contributed by atoms with E-state index in [1.54, 1.807) is 6.33 Å². The summed E-state index contributed by atoms with van der Waals surface area (Å²) in [5, 5.41) is 4.86. The zero-order chi connectivity index (χ0) is 18.2. The van der Waals surface area contributed by atoms with Gasteiger partial charge in [-0.3, -0.25) is 0 Å².